The van der Waals surface area contributed by atoms with Crippen molar-refractivity contribution in [1.82, 2.24) is 4.31 Å². The molecule has 0 aliphatic carbocycles. The number of nitrogens with one attached hydrogen (secondary N) is 1. The maximum Gasteiger partial charge on any atom is 0.419 e. The first-order valence-corrected chi connectivity index (χ1v) is 9.53. The van der Waals surface area contributed by atoms with Crippen LogP contribution in [0.3, 0.4) is 0 Å². The van der Waals surface area contributed by atoms with Crippen LogP contribution < -0.4 is 5.32 Å². The van der Waals surface area contributed by atoms with Gasteiger partial charge in [0, 0.05) is 17.2 Å². The minimum Gasteiger partial charge on any atom is -0.325 e. The van der Waals surface area contributed by atoms with Gasteiger partial charge in [0.15, 0.2) is 0 Å². The van der Waals surface area contributed by atoms with Gasteiger partial charge in [0.2, 0.25) is 15.9 Å². The van der Waals surface area contributed by atoms with Crippen LogP contribution in [0.5, 0.6) is 0 Å². The van der Waals surface area contributed by atoms with Crippen LogP contribution in [0.15, 0.2) is 51.8 Å². The van der Waals surface area contributed by atoms with E-state index in [-0.39, 0.29) is 10.6 Å². The Bertz CT molecular complexity index is 947. The van der Waals surface area contributed by atoms with Gasteiger partial charge in [-0.15, -0.1) is 0 Å². The summed E-state index contributed by atoms with van der Waals surface area (Å²) in [6.45, 7) is -0.642. The van der Waals surface area contributed by atoms with E-state index in [0.717, 1.165) is 17.4 Å². The summed E-state index contributed by atoms with van der Waals surface area (Å²) in [6.07, 6.45) is -4.92. The number of hydrogen-bond donors (Lipinski definition) is 1. The highest BCUT2D eigenvalue weighted by Crippen LogP contribution is 2.33. The smallest absolute Gasteiger partial charge is 0.325 e. The van der Waals surface area contributed by atoms with Gasteiger partial charge < -0.3 is 5.32 Å². The number of nitrogens with zero attached hydrogens (tertiary/aromatic N) is 1. The standard InChI is InChI=1S/C16H13BrF4N2O3S/c1-23(27(25,26)12-5-2-10(17)3-6-12)9-15(24)22-11-4-7-14(18)13(8-11)16(19,20)21/h2-8H,9H2,1H3,(H,22,24). The molecule has 1 amide bonds. The van der Waals surface area contributed by atoms with E-state index in [1.165, 1.54) is 24.3 Å². The maximum absolute atomic E-state index is 13.3. The van der Waals surface area contributed by atoms with Gasteiger partial charge in [-0.05, 0) is 42.5 Å². The SMILES string of the molecule is CN(CC(=O)Nc1ccc(F)c(C(F)(F)F)c1)S(=O)(=O)c1ccc(Br)cc1. The summed E-state index contributed by atoms with van der Waals surface area (Å²) < 4.78 is 77.6. The third-order valence-electron chi connectivity index (χ3n) is 3.44. The largest absolute Gasteiger partial charge is 0.419 e. The van der Waals surface area contributed by atoms with Crippen LogP contribution in [0, 0.1) is 5.82 Å². The molecule has 146 valence electrons. The zero-order valence-electron chi connectivity index (χ0n) is 13.7. The van der Waals surface area contributed by atoms with Crippen LogP contribution in [0.4, 0.5) is 23.2 Å². The van der Waals surface area contributed by atoms with Gasteiger partial charge in [0.1, 0.15) is 5.82 Å². The number of rotatable bonds is 5. The van der Waals surface area contributed by atoms with Gasteiger partial charge in [-0.2, -0.15) is 17.5 Å². The van der Waals surface area contributed by atoms with Crippen molar-refractivity contribution < 1.29 is 30.8 Å². The molecule has 11 heteroatoms. The summed E-state index contributed by atoms with van der Waals surface area (Å²) in [5, 5.41) is 2.13. The molecule has 2 rings (SSSR count). The van der Waals surface area contributed by atoms with Gasteiger partial charge in [-0.25, -0.2) is 12.8 Å². The molecule has 5 nitrogen and oxygen atoms in total. The Labute approximate surface area is 161 Å². The Balaban J connectivity index is 2.12. The van der Waals surface area contributed by atoms with E-state index in [1.807, 2.05) is 0 Å². The average molecular weight is 469 g/mol. The van der Waals surface area contributed by atoms with Crippen molar-refractivity contribution >= 4 is 37.5 Å². The minimum atomic E-state index is -4.92. The van der Waals surface area contributed by atoms with E-state index in [0.29, 0.717) is 16.6 Å². The van der Waals surface area contributed by atoms with Crippen LogP contribution in [0.2, 0.25) is 0 Å². The number of hydrogen-bond acceptors (Lipinski definition) is 3. The zero-order valence-corrected chi connectivity index (χ0v) is 16.1. The third kappa shape index (κ3) is 5.27. The first kappa shape index (κ1) is 21.3. The Hall–Kier alpha value is -1.98. The van der Waals surface area contributed by atoms with Crippen LogP contribution in [0.25, 0.3) is 0 Å². The Kier molecular flexibility index (Phi) is 6.28. The van der Waals surface area contributed by atoms with Crippen molar-refractivity contribution in [3.05, 3.63) is 58.3 Å². The van der Waals surface area contributed by atoms with Crippen molar-refractivity contribution in [1.29, 1.82) is 0 Å². The fraction of sp³-hybridized carbons (Fsp3) is 0.188. The van der Waals surface area contributed by atoms with E-state index in [2.05, 4.69) is 21.2 Å². The minimum absolute atomic E-state index is 0.0536. The third-order valence-corrected chi connectivity index (χ3v) is 5.79. The fourth-order valence-electron chi connectivity index (χ4n) is 2.09. The predicted octanol–water partition coefficient (Wildman–Crippen LogP) is 3.87. The Morgan fingerprint density at radius 1 is 1.15 bits per heavy atom. The van der Waals surface area contributed by atoms with Crippen LogP contribution >= 0.6 is 15.9 Å². The number of halogens is 5. The highest BCUT2D eigenvalue weighted by atomic mass is 79.9. The van der Waals surface area contributed by atoms with Gasteiger partial charge >= 0.3 is 6.18 Å². The van der Waals surface area contributed by atoms with Crippen molar-refractivity contribution in [2.75, 3.05) is 18.9 Å². The molecule has 0 saturated carbocycles. The number of alkyl halides is 3. The number of likely N-dealkylation sites (N-methyl/N-ethyl adjacent to an activating group) is 1. The quantitative estimate of drug-likeness (QED) is 0.677. The number of benzene rings is 2. The number of anilines is 1. The van der Waals surface area contributed by atoms with Crippen LogP contribution in [-0.2, 0) is 21.0 Å². The molecular formula is C16H13BrF4N2O3S. The lowest BCUT2D eigenvalue weighted by Gasteiger charge is -2.17. The highest BCUT2D eigenvalue weighted by Gasteiger charge is 2.34. The lowest BCUT2D eigenvalue weighted by molar-refractivity contribution is -0.140. The summed E-state index contributed by atoms with van der Waals surface area (Å²) in [4.78, 5) is 11.9. The molecule has 2 aromatic carbocycles. The van der Waals surface area contributed by atoms with Crippen molar-refractivity contribution in [3.8, 4) is 0 Å². The van der Waals surface area contributed by atoms with E-state index in [1.54, 1.807) is 0 Å². The summed E-state index contributed by atoms with van der Waals surface area (Å²) >= 11 is 3.17. The average Bonchev–Trinajstić information content (AvgIpc) is 2.55. The second-order valence-corrected chi connectivity index (χ2v) is 8.42. The van der Waals surface area contributed by atoms with Crippen LogP contribution in [-0.4, -0.2) is 32.2 Å². The molecule has 0 aromatic heterocycles. The number of carbonyl (C=O) groups is 1. The van der Waals surface area contributed by atoms with E-state index in [4.69, 9.17) is 0 Å². The van der Waals surface area contributed by atoms with Crippen molar-refractivity contribution in [2.24, 2.45) is 0 Å². The highest BCUT2D eigenvalue weighted by molar-refractivity contribution is 9.10. The maximum atomic E-state index is 13.3. The Morgan fingerprint density at radius 3 is 2.30 bits per heavy atom. The molecule has 0 spiro atoms. The van der Waals surface area contributed by atoms with E-state index >= 15 is 0 Å². The van der Waals surface area contributed by atoms with Gasteiger partial charge in [-0.1, -0.05) is 15.9 Å². The Morgan fingerprint density at radius 2 is 1.74 bits per heavy atom. The van der Waals surface area contributed by atoms with Crippen LogP contribution in [0.1, 0.15) is 5.56 Å². The zero-order chi connectivity index (χ0) is 20.4. The monoisotopic (exact) mass is 468 g/mol. The molecule has 0 bridgehead atoms. The molecule has 0 heterocycles. The molecule has 1 N–H and O–H groups in total. The predicted molar refractivity (Wildman–Crippen MR) is 94.0 cm³/mol. The van der Waals surface area contributed by atoms with Gasteiger partial charge in [0.05, 0.1) is 17.0 Å². The van der Waals surface area contributed by atoms with Crippen molar-refractivity contribution in [3.63, 3.8) is 0 Å². The fourth-order valence-corrected chi connectivity index (χ4v) is 3.49. The summed E-state index contributed by atoms with van der Waals surface area (Å²) in [5.41, 5.74) is -1.83. The molecular weight excluding hydrogens is 456 g/mol. The van der Waals surface area contributed by atoms with Gasteiger partial charge in [-0.3, -0.25) is 4.79 Å². The number of sulfonamides is 1. The van der Waals surface area contributed by atoms with E-state index < -0.39 is 40.0 Å². The van der Waals surface area contributed by atoms with Crippen molar-refractivity contribution in [2.45, 2.75) is 11.1 Å². The lowest BCUT2D eigenvalue weighted by atomic mass is 10.2. The lowest BCUT2D eigenvalue weighted by Crippen LogP contribution is -2.35. The summed E-state index contributed by atoms with van der Waals surface area (Å²) in [6, 6.07) is 7.66. The van der Waals surface area contributed by atoms with Gasteiger partial charge in [0.25, 0.3) is 0 Å². The molecule has 2 aromatic rings. The first-order valence-electron chi connectivity index (χ1n) is 7.30. The topological polar surface area (TPSA) is 66.5 Å². The number of amides is 1. The molecule has 0 fully saturated rings. The molecule has 0 aliphatic rings. The second kappa shape index (κ2) is 7.95. The molecule has 0 saturated heterocycles. The molecule has 27 heavy (non-hydrogen) atoms. The summed E-state index contributed by atoms with van der Waals surface area (Å²) in [5.74, 6) is -2.35. The second-order valence-electron chi connectivity index (χ2n) is 5.46. The summed E-state index contributed by atoms with van der Waals surface area (Å²) in [7, 11) is -2.81. The molecule has 0 atom stereocenters. The first-order chi connectivity index (χ1) is 12.4. The molecule has 0 radical (unpaired) electrons. The molecule has 0 aliphatic heterocycles. The normalized spacial score (nSPS) is 12.3. The molecule has 0 unspecified atom stereocenters. The number of carbonyl (C=O) groups excluding carboxylic acids is 1. The van der Waals surface area contributed by atoms with E-state index in [9.17, 15) is 30.8 Å².